The van der Waals surface area contributed by atoms with Crippen LogP contribution in [0.5, 0.6) is 5.75 Å². The molecule has 0 spiro atoms. The van der Waals surface area contributed by atoms with Gasteiger partial charge in [0.2, 0.25) is 0 Å². The van der Waals surface area contributed by atoms with Crippen LogP contribution in [0.4, 0.5) is 5.13 Å². The van der Waals surface area contributed by atoms with E-state index in [0.29, 0.717) is 12.2 Å². The van der Waals surface area contributed by atoms with E-state index < -0.39 is 11.4 Å². The van der Waals surface area contributed by atoms with E-state index in [0.717, 1.165) is 16.4 Å². The number of carboxylic acid groups (broad SMARTS) is 1. The maximum absolute atomic E-state index is 11.2. The Balaban J connectivity index is 2.01. The third kappa shape index (κ3) is 3.52. The second kappa shape index (κ2) is 6.13. The molecule has 0 aliphatic rings. The smallest absolute Gasteiger partial charge is 0.315 e. The summed E-state index contributed by atoms with van der Waals surface area (Å²) < 4.78 is 5.11. The molecule has 0 fully saturated rings. The van der Waals surface area contributed by atoms with E-state index in [1.807, 2.05) is 24.3 Å². The summed E-state index contributed by atoms with van der Waals surface area (Å²) in [4.78, 5) is 15.6. The number of benzene rings is 1. The Morgan fingerprint density at radius 2 is 2.05 bits per heavy atom. The van der Waals surface area contributed by atoms with Crippen LogP contribution in [-0.2, 0) is 16.8 Å². The first-order valence-electron chi connectivity index (χ1n) is 6.49. The molecule has 0 saturated heterocycles. The highest BCUT2D eigenvalue weighted by Crippen LogP contribution is 2.27. The zero-order chi connectivity index (χ0) is 15.5. The van der Waals surface area contributed by atoms with Crippen LogP contribution in [0.3, 0.4) is 0 Å². The summed E-state index contributed by atoms with van der Waals surface area (Å²) in [5.74, 6) is -0.0620. The number of methoxy groups -OCH3 is 1. The van der Waals surface area contributed by atoms with Gasteiger partial charge in [-0.1, -0.05) is 12.1 Å². The normalized spacial score (nSPS) is 11.2. The fraction of sp³-hybridized carbons (Fsp3) is 0.333. The molecule has 2 rings (SSSR count). The molecule has 1 aromatic heterocycles. The van der Waals surface area contributed by atoms with Crippen LogP contribution >= 0.6 is 11.3 Å². The topological polar surface area (TPSA) is 71.5 Å². The van der Waals surface area contributed by atoms with Crippen molar-refractivity contribution in [2.24, 2.45) is 0 Å². The molecule has 1 aromatic carbocycles. The summed E-state index contributed by atoms with van der Waals surface area (Å²) in [5, 5.41) is 14.9. The number of hydrogen-bond acceptors (Lipinski definition) is 5. The second-order valence-electron chi connectivity index (χ2n) is 5.17. The molecule has 0 aliphatic carbocycles. The first-order valence-corrected chi connectivity index (χ1v) is 7.37. The van der Waals surface area contributed by atoms with Crippen LogP contribution in [0.1, 0.15) is 25.1 Å². The fourth-order valence-electron chi connectivity index (χ4n) is 1.67. The molecule has 6 heteroatoms. The standard InChI is InChI=1S/C15H18N2O3S/c1-15(2,13(18)19)12-9-21-14(17-12)16-8-10-4-6-11(20-3)7-5-10/h4-7,9H,8H2,1-3H3,(H,16,17)(H,18,19). The van der Waals surface area contributed by atoms with Crippen molar-refractivity contribution in [2.75, 3.05) is 12.4 Å². The number of nitrogens with one attached hydrogen (secondary N) is 1. The molecule has 0 radical (unpaired) electrons. The van der Waals surface area contributed by atoms with Crippen LogP contribution in [0, 0.1) is 0 Å². The largest absolute Gasteiger partial charge is 0.497 e. The molecule has 0 unspecified atom stereocenters. The van der Waals surface area contributed by atoms with E-state index in [4.69, 9.17) is 4.74 Å². The number of carboxylic acids is 1. The van der Waals surface area contributed by atoms with Gasteiger partial charge in [-0.3, -0.25) is 4.79 Å². The van der Waals surface area contributed by atoms with Crippen LogP contribution in [0.15, 0.2) is 29.6 Å². The highest BCUT2D eigenvalue weighted by molar-refractivity contribution is 7.13. The number of nitrogens with zero attached hydrogens (tertiary/aromatic N) is 1. The summed E-state index contributed by atoms with van der Waals surface area (Å²) in [7, 11) is 1.63. The molecular weight excluding hydrogens is 288 g/mol. The zero-order valence-electron chi connectivity index (χ0n) is 12.2. The van der Waals surface area contributed by atoms with Crippen molar-refractivity contribution in [1.82, 2.24) is 4.98 Å². The quantitative estimate of drug-likeness (QED) is 0.858. The van der Waals surface area contributed by atoms with Gasteiger partial charge >= 0.3 is 5.97 Å². The van der Waals surface area contributed by atoms with Gasteiger partial charge in [-0.15, -0.1) is 11.3 Å². The van der Waals surface area contributed by atoms with Crippen molar-refractivity contribution in [2.45, 2.75) is 25.8 Å². The van der Waals surface area contributed by atoms with E-state index >= 15 is 0 Å². The molecule has 0 amide bonds. The van der Waals surface area contributed by atoms with Crippen molar-refractivity contribution >= 4 is 22.4 Å². The van der Waals surface area contributed by atoms with Crippen molar-refractivity contribution in [3.8, 4) is 5.75 Å². The molecule has 0 bridgehead atoms. The maximum atomic E-state index is 11.2. The minimum Gasteiger partial charge on any atom is -0.497 e. The van der Waals surface area contributed by atoms with Gasteiger partial charge in [0.1, 0.15) is 11.2 Å². The Hall–Kier alpha value is -2.08. The summed E-state index contributed by atoms with van der Waals surface area (Å²) in [5.41, 5.74) is 0.693. The number of thiazole rings is 1. The van der Waals surface area contributed by atoms with E-state index in [1.54, 1.807) is 26.3 Å². The van der Waals surface area contributed by atoms with Gasteiger partial charge in [0.25, 0.3) is 0 Å². The van der Waals surface area contributed by atoms with Gasteiger partial charge in [-0.05, 0) is 31.5 Å². The summed E-state index contributed by atoms with van der Waals surface area (Å²) in [6.45, 7) is 3.93. The number of rotatable bonds is 6. The molecule has 0 saturated carbocycles. The Kier molecular flexibility index (Phi) is 4.47. The Morgan fingerprint density at radius 1 is 1.38 bits per heavy atom. The lowest BCUT2D eigenvalue weighted by Gasteiger charge is -2.15. The van der Waals surface area contributed by atoms with E-state index in [-0.39, 0.29) is 0 Å². The molecule has 112 valence electrons. The third-order valence-corrected chi connectivity index (χ3v) is 4.08. The molecule has 0 aliphatic heterocycles. The first kappa shape index (κ1) is 15.3. The third-order valence-electron chi connectivity index (χ3n) is 3.28. The predicted octanol–water partition coefficient (Wildman–Crippen LogP) is 3.13. The second-order valence-corrected chi connectivity index (χ2v) is 6.03. The highest BCUT2D eigenvalue weighted by atomic mass is 32.1. The summed E-state index contributed by atoms with van der Waals surface area (Å²) in [6.07, 6.45) is 0. The zero-order valence-corrected chi connectivity index (χ0v) is 13.0. The van der Waals surface area contributed by atoms with Gasteiger partial charge < -0.3 is 15.2 Å². The molecule has 0 atom stereocenters. The fourth-order valence-corrected chi connectivity index (χ4v) is 2.55. The highest BCUT2D eigenvalue weighted by Gasteiger charge is 2.32. The Morgan fingerprint density at radius 3 is 2.62 bits per heavy atom. The van der Waals surface area contributed by atoms with Crippen molar-refractivity contribution in [3.05, 3.63) is 40.9 Å². The molecule has 21 heavy (non-hydrogen) atoms. The van der Waals surface area contributed by atoms with Crippen molar-refractivity contribution < 1.29 is 14.6 Å². The first-order chi connectivity index (χ1) is 9.93. The number of hydrogen-bond donors (Lipinski definition) is 2. The molecule has 1 heterocycles. The van der Waals surface area contributed by atoms with E-state index in [1.165, 1.54) is 11.3 Å². The average Bonchev–Trinajstić information content (AvgIpc) is 2.95. The van der Waals surface area contributed by atoms with Gasteiger partial charge in [0.05, 0.1) is 12.8 Å². The van der Waals surface area contributed by atoms with Crippen LogP contribution in [0.2, 0.25) is 0 Å². The molecule has 2 N–H and O–H groups in total. The van der Waals surface area contributed by atoms with Crippen LogP contribution in [0.25, 0.3) is 0 Å². The molecule has 2 aromatic rings. The number of aliphatic carboxylic acids is 1. The minimum absolute atomic E-state index is 0.567. The van der Waals surface area contributed by atoms with Gasteiger partial charge in [0, 0.05) is 11.9 Å². The van der Waals surface area contributed by atoms with Gasteiger partial charge in [-0.25, -0.2) is 4.98 Å². The lowest BCUT2D eigenvalue weighted by molar-refractivity contribution is -0.142. The lowest BCUT2D eigenvalue weighted by Crippen LogP contribution is -2.28. The van der Waals surface area contributed by atoms with E-state index in [2.05, 4.69) is 10.3 Å². The molecular formula is C15H18N2O3S. The monoisotopic (exact) mass is 306 g/mol. The number of anilines is 1. The minimum atomic E-state index is -0.976. The number of ether oxygens (including phenoxy) is 1. The Labute approximate surface area is 127 Å². The number of carbonyl (C=O) groups is 1. The maximum Gasteiger partial charge on any atom is 0.315 e. The summed E-state index contributed by atoms with van der Waals surface area (Å²) >= 11 is 1.41. The van der Waals surface area contributed by atoms with Crippen molar-refractivity contribution in [3.63, 3.8) is 0 Å². The predicted molar refractivity (Wildman–Crippen MR) is 83.1 cm³/mol. The molecule has 5 nitrogen and oxygen atoms in total. The van der Waals surface area contributed by atoms with Crippen LogP contribution < -0.4 is 10.1 Å². The van der Waals surface area contributed by atoms with Gasteiger partial charge in [-0.2, -0.15) is 0 Å². The van der Waals surface area contributed by atoms with E-state index in [9.17, 15) is 9.90 Å². The summed E-state index contributed by atoms with van der Waals surface area (Å²) in [6, 6.07) is 7.75. The average molecular weight is 306 g/mol. The van der Waals surface area contributed by atoms with Crippen LogP contribution in [-0.4, -0.2) is 23.2 Å². The van der Waals surface area contributed by atoms with Gasteiger partial charge in [0.15, 0.2) is 5.13 Å². The Bertz CT molecular complexity index is 620. The lowest BCUT2D eigenvalue weighted by atomic mass is 9.90. The van der Waals surface area contributed by atoms with Crippen molar-refractivity contribution in [1.29, 1.82) is 0 Å². The number of aromatic nitrogens is 1. The SMILES string of the molecule is COc1ccc(CNc2nc(C(C)(C)C(=O)O)cs2)cc1.